The standard InChI is InChI=1S/C31H38N4O3/c1-5-25-21-11-9-12-22(17-21)28(37)33-24-18-30(3,4)38-26-14-13-20(16-23(24)26)10-7-8-15-31(6-2)19-27(36)35(25)29(32)34-31/h7,9-14,16-17,24-25H,5-6,8,15,18-19H2,1-4H3,(H2,32,34)(H,33,37)/b10-7-/t24?,25-,31-/m1/s1. The lowest BCUT2D eigenvalue weighted by Gasteiger charge is -2.40. The van der Waals surface area contributed by atoms with Crippen LogP contribution in [0, 0.1) is 0 Å². The molecule has 3 atom stereocenters. The number of carbonyl (C=O) groups excluding carboxylic acids is 2. The van der Waals surface area contributed by atoms with Gasteiger partial charge in [0.15, 0.2) is 5.96 Å². The third-order valence-corrected chi connectivity index (χ3v) is 8.12. The van der Waals surface area contributed by atoms with Gasteiger partial charge in [0, 0.05) is 17.5 Å². The van der Waals surface area contributed by atoms with E-state index in [2.05, 4.69) is 30.5 Å². The number of amides is 2. The number of allylic oxidation sites excluding steroid dienone is 1. The zero-order valence-electron chi connectivity index (χ0n) is 22.8. The molecule has 0 aromatic heterocycles. The highest BCUT2D eigenvalue weighted by Crippen LogP contribution is 2.41. The topological polar surface area (TPSA) is 97.0 Å². The maximum absolute atomic E-state index is 13.6. The summed E-state index contributed by atoms with van der Waals surface area (Å²) in [7, 11) is 0. The van der Waals surface area contributed by atoms with E-state index in [1.165, 1.54) is 0 Å². The largest absolute Gasteiger partial charge is 0.487 e. The van der Waals surface area contributed by atoms with E-state index in [-0.39, 0.29) is 29.9 Å². The van der Waals surface area contributed by atoms with Gasteiger partial charge in [0.2, 0.25) is 5.91 Å². The van der Waals surface area contributed by atoms with Crippen LogP contribution < -0.4 is 15.8 Å². The normalized spacial score (nSPS) is 27.5. The molecule has 6 bridgehead atoms. The molecule has 0 radical (unpaired) electrons. The number of hydrogen-bond acceptors (Lipinski definition) is 5. The van der Waals surface area contributed by atoms with Gasteiger partial charge in [-0.15, -0.1) is 0 Å². The van der Waals surface area contributed by atoms with Crippen LogP contribution >= 0.6 is 0 Å². The van der Waals surface area contributed by atoms with Gasteiger partial charge < -0.3 is 15.8 Å². The number of benzene rings is 2. The van der Waals surface area contributed by atoms with Gasteiger partial charge in [-0.05, 0) is 74.9 Å². The zero-order chi connectivity index (χ0) is 27.1. The van der Waals surface area contributed by atoms with E-state index in [1.807, 2.05) is 57.2 Å². The lowest BCUT2D eigenvalue weighted by atomic mass is 9.85. The van der Waals surface area contributed by atoms with Crippen LogP contribution in [0.15, 0.2) is 53.5 Å². The van der Waals surface area contributed by atoms with Crippen LogP contribution in [0.4, 0.5) is 0 Å². The Bertz CT molecular complexity index is 1310. The van der Waals surface area contributed by atoms with Crippen LogP contribution in [0.5, 0.6) is 5.75 Å². The summed E-state index contributed by atoms with van der Waals surface area (Å²) < 4.78 is 6.26. The number of guanidine groups is 1. The fourth-order valence-corrected chi connectivity index (χ4v) is 6.06. The van der Waals surface area contributed by atoms with Crippen LogP contribution in [0.3, 0.4) is 0 Å². The monoisotopic (exact) mass is 514 g/mol. The minimum absolute atomic E-state index is 0.0178. The second-order valence-corrected chi connectivity index (χ2v) is 11.4. The summed E-state index contributed by atoms with van der Waals surface area (Å²) >= 11 is 0. The summed E-state index contributed by atoms with van der Waals surface area (Å²) in [5.74, 6) is 0.890. The van der Waals surface area contributed by atoms with E-state index >= 15 is 0 Å². The van der Waals surface area contributed by atoms with Crippen molar-refractivity contribution in [2.75, 3.05) is 0 Å². The number of hydrogen-bond donors (Lipinski definition) is 2. The fourth-order valence-electron chi connectivity index (χ4n) is 6.06. The van der Waals surface area contributed by atoms with Crippen LogP contribution in [0.2, 0.25) is 0 Å². The molecule has 3 N–H and O–H groups in total. The van der Waals surface area contributed by atoms with Crippen molar-refractivity contribution in [3.05, 3.63) is 70.8 Å². The lowest BCUT2D eigenvalue weighted by Crippen LogP contribution is -2.52. The van der Waals surface area contributed by atoms with Crippen LogP contribution in [-0.2, 0) is 4.79 Å². The first-order valence-corrected chi connectivity index (χ1v) is 13.7. The van der Waals surface area contributed by atoms with Gasteiger partial charge in [-0.1, -0.05) is 44.2 Å². The van der Waals surface area contributed by atoms with E-state index in [1.54, 1.807) is 4.90 Å². The summed E-state index contributed by atoms with van der Waals surface area (Å²) in [6, 6.07) is 13.2. The molecule has 2 aromatic carbocycles. The molecular weight excluding hydrogens is 476 g/mol. The molecule has 4 heterocycles. The van der Waals surface area contributed by atoms with E-state index < -0.39 is 11.1 Å². The molecular formula is C31H38N4O3. The van der Waals surface area contributed by atoms with Crippen molar-refractivity contribution in [1.29, 1.82) is 0 Å². The van der Waals surface area contributed by atoms with Gasteiger partial charge in [0.05, 0.1) is 24.0 Å². The maximum Gasteiger partial charge on any atom is 0.251 e. The van der Waals surface area contributed by atoms with Crippen LogP contribution in [-0.4, -0.2) is 33.8 Å². The molecule has 200 valence electrons. The molecule has 7 nitrogen and oxygen atoms in total. The first-order chi connectivity index (χ1) is 18.1. The van der Waals surface area contributed by atoms with Crippen molar-refractivity contribution in [3.63, 3.8) is 0 Å². The molecule has 2 amide bonds. The van der Waals surface area contributed by atoms with Crippen molar-refractivity contribution in [2.45, 2.75) is 89.4 Å². The summed E-state index contributed by atoms with van der Waals surface area (Å²) in [6.07, 6.45) is 8.11. The van der Waals surface area contributed by atoms with Crippen molar-refractivity contribution in [3.8, 4) is 5.75 Å². The summed E-state index contributed by atoms with van der Waals surface area (Å²) in [6.45, 7) is 8.18. The summed E-state index contributed by atoms with van der Waals surface area (Å²) in [5, 5.41) is 3.26. The fraction of sp³-hybridized carbons (Fsp3) is 0.452. The predicted molar refractivity (Wildman–Crippen MR) is 150 cm³/mol. The van der Waals surface area contributed by atoms with Crippen molar-refractivity contribution < 1.29 is 14.3 Å². The quantitative estimate of drug-likeness (QED) is 0.539. The molecule has 7 heteroatoms. The highest BCUT2D eigenvalue weighted by molar-refractivity contribution is 6.00. The number of fused-ring (bicyclic) bond motifs is 4. The molecule has 0 spiro atoms. The lowest BCUT2D eigenvalue weighted by molar-refractivity contribution is -0.131. The highest BCUT2D eigenvalue weighted by Gasteiger charge is 2.41. The molecule has 0 aliphatic carbocycles. The van der Waals surface area contributed by atoms with Crippen LogP contribution in [0.1, 0.15) is 105 Å². The van der Waals surface area contributed by atoms with Crippen molar-refractivity contribution >= 4 is 23.8 Å². The Morgan fingerprint density at radius 3 is 2.71 bits per heavy atom. The summed E-state index contributed by atoms with van der Waals surface area (Å²) in [5.41, 5.74) is 9.02. The molecule has 0 saturated heterocycles. The third-order valence-electron chi connectivity index (χ3n) is 8.12. The van der Waals surface area contributed by atoms with Crippen LogP contribution in [0.25, 0.3) is 6.08 Å². The first-order valence-electron chi connectivity index (χ1n) is 13.7. The molecule has 0 fully saturated rings. The molecule has 1 unspecified atom stereocenters. The number of carbonyl (C=O) groups is 2. The zero-order valence-corrected chi connectivity index (χ0v) is 22.8. The van der Waals surface area contributed by atoms with Crippen molar-refractivity contribution in [1.82, 2.24) is 10.2 Å². The Kier molecular flexibility index (Phi) is 6.80. The Labute approximate surface area is 225 Å². The minimum Gasteiger partial charge on any atom is -0.487 e. The summed E-state index contributed by atoms with van der Waals surface area (Å²) in [4.78, 5) is 33.6. The number of nitrogens with zero attached hydrogens (tertiary/aromatic N) is 2. The smallest absolute Gasteiger partial charge is 0.251 e. The minimum atomic E-state index is -0.506. The molecule has 38 heavy (non-hydrogen) atoms. The third kappa shape index (κ3) is 4.94. The average molecular weight is 515 g/mol. The van der Waals surface area contributed by atoms with Gasteiger partial charge >= 0.3 is 0 Å². The van der Waals surface area contributed by atoms with Gasteiger partial charge in [0.1, 0.15) is 11.4 Å². The second kappa shape index (κ2) is 9.93. The van der Waals surface area contributed by atoms with E-state index in [0.29, 0.717) is 24.8 Å². The number of nitrogens with two attached hydrogens (primary N) is 1. The molecule has 4 aliphatic rings. The molecule has 6 rings (SSSR count). The molecule has 4 aliphatic heterocycles. The van der Waals surface area contributed by atoms with Gasteiger partial charge in [0.25, 0.3) is 5.91 Å². The first kappa shape index (κ1) is 26.0. The van der Waals surface area contributed by atoms with Crippen molar-refractivity contribution in [2.24, 2.45) is 10.7 Å². The average Bonchev–Trinajstić information content (AvgIpc) is 2.88. The number of ether oxygens (including phenoxy) is 1. The van der Waals surface area contributed by atoms with Gasteiger partial charge in [-0.3, -0.25) is 14.5 Å². The number of aliphatic imine (C=N–C) groups is 1. The Balaban J connectivity index is 1.61. The van der Waals surface area contributed by atoms with E-state index in [9.17, 15) is 9.59 Å². The van der Waals surface area contributed by atoms with Gasteiger partial charge in [-0.2, -0.15) is 0 Å². The maximum atomic E-state index is 13.6. The number of nitrogens with one attached hydrogen (secondary N) is 1. The van der Waals surface area contributed by atoms with E-state index in [4.69, 9.17) is 15.5 Å². The predicted octanol–water partition coefficient (Wildman–Crippen LogP) is 5.67. The Morgan fingerprint density at radius 1 is 1.16 bits per heavy atom. The SMILES string of the molecule is CC[C@@H]1c2cccc(c2)C(=O)NC2CC(C)(C)Oc3ccc(cc32)/C=C\CC[C@]2(CC)CC(=O)N1C(N)=N2. The Hall–Kier alpha value is -3.61. The number of rotatable bonds is 2. The second-order valence-electron chi connectivity index (χ2n) is 11.4. The highest BCUT2D eigenvalue weighted by atomic mass is 16.5. The Morgan fingerprint density at radius 2 is 1.97 bits per heavy atom. The van der Waals surface area contributed by atoms with Gasteiger partial charge in [-0.25, -0.2) is 4.99 Å². The van der Waals surface area contributed by atoms with E-state index in [0.717, 1.165) is 41.7 Å². The molecule has 2 aromatic rings. The molecule has 0 saturated carbocycles.